The van der Waals surface area contributed by atoms with Gasteiger partial charge >= 0.3 is 0 Å². The first-order valence-electron chi connectivity index (χ1n) is 7.76. The highest BCUT2D eigenvalue weighted by atomic mass is 79.9. The van der Waals surface area contributed by atoms with E-state index in [0.717, 1.165) is 40.9 Å². The molecule has 0 N–H and O–H groups in total. The average Bonchev–Trinajstić information content (AvgIpc) is 2.89. The highest BCUT2D eigenvalue weighted by Crippen LogP contribution is 2.18. The Morgan fingerprint density at radius 1 is 1.26 bits per heavy atom. The second-order valence-corrected chi connectivity index (χ2v) is 6.87. The molecule has 3 aromatic heterocycles. The third kappa shape index (κ3) is 3.52. The van der Waals surface area contributed by atoms with Crippen LogP contribution in [-0.2, 0) is 6.54 Å². The van der Waals surface area contributed by atoms with E-state index < -0.39 is 0 Å². The Bertz CT molecular complexity index is 882. The number of aromatic nitrogens is 4. The quantitative estimate of drug-likeness (QED) is 0.683. The van der Waals surface area contributed by atoms with Crippen LogP contribution in [0, 0.1) is 5.92 Å². The molecule has 0 saturated carbocycles. The Hall–Kier alpha value is -1.95. The fourth-order valence-corrected chi connectivity index (χ4v) is 2.88. The topological polar surface area (TPSA) is 52.2 Å². The van der Waals surface area contributed by atoms with Gasteiger partial charge in [0.15, 0.2) is 5.65 Å². The maximum Gasteiger partial charge on any atom is 0.251 e. The lowest BCUT2D eigenvalue weighted by Crippen LogP contribution is -2.19. The molecule has 0 amide bonds. The number of fused-ring (bicyclic) bond motifs is 1. The number of aryl methyl sites for hydroxylation is 1. The summed E-state index contributed by atoms with van der Waals surface area (Å²) in [5, 5.41) is 4.52. The van der Waals surface area contributed by atoms with Gasteiger partial charge in [0.25, 0.3) is 5.56 Å². The molecule has 3 heterocycles. The van der Waals surface area contributed by atoms with Crippen LogP contribution in [0.2, 0.25) is 0 Å². The molecule has 0 atom stereocenters. The number of halogens is 1. The second-order valence-electron chi connectivity index (χ2n) is 6.05. The summed E-state index contributed by atoms with van der Waals surface area (Å²) in [6.07, 6.45) is 5.70. The number of pyridine rings is 1. The second kappa shape index (κ2) is 6.66. The third-order valence-electron chi connectivity index (χ3n) is 3.79. The summed E-state index contributed by atoms with van der Waals surface area (Å²) in [4.78, 5) is 16.5. The van der Waals surface area contributed by atoms with E-state index in [-0.39, 0.29) is 5.56 Å². The Morgan fingerprint density at radius 2 is 2.09 bits per heavy atom. The van der Waals surface area contributed by atoms with E-state index in [1.807, 2.05) is 24.4 Å². The molecule has 0 aliphatic carbocycles. The molecule has 3 rings (SSSR count). The molecule has 23 heavy (non-hydrogen) atoms. The van der Waals surface area contributed by atoms with Crippen molar-refractivity contribution in [2.45, 2.75) is 33.2 Å². The van der Waals surface area contributed by atoms with Crippen molar-refractivity contribution >= 4 is 21.6 Å². The fraction of sp³-hybridized carbons (Fsp3) is 0.353. The van der Waals surface area contributed by atoms with Crippen LogP contribution in [0.25, 0.3) is 16.9 Å². The summed E-state index contributed by atoms with van der Waals surface area (Å²) in [5.74, 6) is 0.662. The zero-order chi connectivity index (χ0) is 16.4. The maximum atomic E-state index is 12.3. The Labute approximate surface area is 143 Å². The van der Waals surface area contributed by atoms with Crippen molar-refractivity contribution in [1.29, 1.82) is 0 Å². The van der Waals surface area contributed by atoms with Crippen molar-refractivity contribution in [2.75, 3.05) is 0 Å². The zero-order valence-corrected chi connectivity index (χ0v) is 14.8. The molecular formula is C17H19BrN4O. The van der Waals surface area contributed by atoms with Crippen molar-refractivity contribution in [3.8, 4) is 11.3 Å². The minimum Gasteiger partial charge on any atom is -0.316 e. The van der Waals surface area contributed by atoms with Crippen LogP contribution in [0.15, 0.2) is 46.1 Å². The summed E-state index contributed by atoms with van der Waals surface area (Å²) in [6, 6.07) is 7.36. The van der Waals surface area contributed by atoms with Gasteiger partial charge < -0.3 is 4.57 Å². The predicted octanol–water partition coefficient (Wildman–Crippen LogP) is 3.76. The summed E-state index contributed by atoms with van der Waals surface area (Å²) in [7, 11) is 0. The van der Waals surface area contributed by atoms with Gasteiger partial charge in [-0.15, -0.1) is 0 Å². The van der Waals surface area contributed by atoms with Crippen LogP contribution < -0.4 is 5.56 Å². The van der Waals surface area contributed by atoms with E-state index in [0.29, 0.717) is 5.92 Å². The fourth-order valence-electron chi connectivity index (χ4n) is 2.52. The van der Waals surface area contributed by atoms with Crippen molar-refractivity contribution < 1.29 is 0 Å². The molecule has 0 aliphatic rings. The molecular weight excluding hydrogens is 356 g/mol. The number of hydrogen-bond donors (Lipinski definition) is 0. The number of nitrogens with zero attached hydrogens (tertiary/aromatic N) is 4. The Kier molecular flexibility index (Phi) is 4.61. The highest BCUT2D eigenvalue weighted by Gasteiger charge is 2.07. The van der Waals surface area contributed by atoms with E-state index >= 15 is 0 Å². The lowest BCUT2D eigenvalue weighted by molar-refractivity contribution is 0.506. The number of rotatable bonds is 5. The van der Waals surface area contributed by atoms with E-state index in [1.165, 1.54) is 0 Å². The van der Waals surface area contributed by atoms with Crippen molar-refractivity contribution in [3.05, 3.63) is 51.6 Å². The summed E-state index contributed by atoms with van der Waals surface area (Å²) in [6.45, 7) is 5.15. The van der Waals surface area contributed by atoms with Crippen molar-refractivity contribution in [2.24, 2.45) is 5.92 Å². The SMILES string of the molecule is CC(C)CCCn1ccc(-c2ccc3ncc(Br)n3n2)cc1=O. The Balaban J connectivity index is 1.86. The van der Waals surface area contributed by atoms with Gasteiger partial charge in [-0.2, -0.15) is 5.10 Å². The van der Waals surface area contributed by atoms with Crippen LogP contribution in [0.1, 0.15) is 26.7 Å². The summed E-state index contributed by atoms with van der Waals surface area (Å²) in [5.41, 5.74) is 2.35. The average molecular weight is 375 g/mol. The van der Waals surface area contributed by atoms with E-state index in [9.17, 15) is 4.79 Å². The van der Waals surface area contributed by atoms with Gasteiger partial charge in [0.1, 0.15) is 4.60 Å². The van der Waals surface area contributed by atoms with Crippen LogP contribution in [0.5, 0.6) is 0 Å². The molecule has 0 fully saturated rings. The minimum atomic E-state index is 0.0119. The molecule has 0 unspecified atom stereocenters. The predicted molar refractivity (Wildman–Crippen MR) is 94.5 cm³/mol. The van der Waals surface area contributed by atoms with E-state index in [2.05, 4.69) is 39.9 Å². The first-order chi connectivity index (χ1) is 11.0. The summed E-state index contributed by atoms with van der Waals surface area (Å²) < 4.78 is 4.26. The minimum absolute atomic E-state index is 0.0119. The maximum absolute atomic E-state index is 12.3. The molecule has 0 aromatic carbocycles. The van der Waals surface area contributed by atoms with Gasteiger partial charge in [0.05, 0.1) is 11.9 Å². The first-order valence-corrected chi connectivity index (χ1v) is 8.55. The van der Waals surface area contributed by atoms with Crippen molar-refractivity contribution in [3.63, 3.8) is 0 Å². The molecule has 3 aromatic rings. The number of hydrogen-bond acceptors (Lipinski definition) is 3. The molecule has 120 valence electrons. The van der Waals surface area contributed by atoms with Gasteiger partial charge in [0, 0.05) is 24.4 Å². The Morgan fingerprint density at radius 3 is 2.83 bits per heavy atom. The molecule has 0 saturated heterocycles. The highest BCUT2D eigenvalue weighted by molar-refractivity contribution is 9.10. The smallest absolute Gasteiger partial charge is 0.251 e. The molecule has 5 nitrogen and oxygen atoms in total. The number of imidazole rings is 1. The largest absolute Gasteiger partial charge is 0.316 e. The van der Waals surface area contributed by atoms with Crippen molar-refractivity contribution in [1.82, 2.24) is 19.2 Å². The van der Waals surface area contributed by atoms with Gasteiger partial charge in [-0.25, -0.2) is 9.50 Å². The summed E-state index contributed by atoms with van der Waals surface area (Å²) >= 11 is 3.41. The monoisotopic (exact) mass is 374 g/mol. The van der Waals surface area contributed by atoms with E-state index in [4.69, 9.17) is 0 Å². The lowest BCUT2D eigenvalue weighted by atomic mass is 10.1. The molecule has 6 heteroatoms. The normalized spacial score (nSPS) is 11.5. The molecule has 0 spiro atoms. The van der Waals surface area contributed by atoms with Gasteiger partial charge in [0.2, 0.25) is 0 Å². The van der Waals surface area contributed by atoms with E-state index in [1.54, 1.807) is 21.3 Å². The van der Waals surface area contributed by atoms with Gasteiger partial charge in [-0.05, 0) is 52.9 Å². The first kappa shape index (κ1) is 15.9. The zero-order valence-electron chi connectivity index (χ0n) is 13.2. The van der Waals surface area contributed by atoms with Gasteiger partial charge in [-0.1, -0.05) is 13.8 Å². The van der Waals surface area contributed by atoms with Crippen LogP contribution >= 0.6 is 15.9 Å². The van der Waals surface area contributed by atoms with Crippen LogP contribution in [0.4, 0.5) is 0 Å². The molecule has 0 radical (unpaired) electrons. The van der Waals surface area contributed by atoms with Gasteiger partial charge in [-0.3, -0.25) is 4.79 Å². The van der Waals surface area contributed by atoms with Crippen LogP contribution in [-0.4, -0.2) is 19.2 Å². The molecule has 0 aliphatic heterocycles. The standard InChI is InChI=1S/C17H19BrN4O/c1-12(2)4-3-8-21-9-7-13(10-17(21)23)14-5-6-16-19-11-15(18)22(16)20-14/h5-7,9-12H,3-4,8H2,1-2H3. The third-order valence-corrected chi connectivity index (χ3v) is 4.33. The molecule has 0 bridgehead atoms. The lowest BCUT2D eigenvalue weighted by Gasteiger charge is -2.08. The van der Waals surface area contributed by atoms with Crippen LogP contribution in [0.3, 0.4) is 0 Å².